The molecule has 1 saturated heterocycles. The molecule has 0 saturated carbocycles. The van der Waals surface area contributed by atoms with Crippen LogP contribution in [0, 0.1) is 19.8 Å². The van der Waals surface area contributed by atoms with Gasteiger partial charge in [-0.25, -0.2) is 0 Å². The number of rotatable bonds is 4. The summed E-state index contributed by atoms with van der Waals surface area (Å²) in [7, 11) is 0. The van der Waals surface area contributed by atoms with Crippen LogP contribution in [0.15, 0.2) is 42.5 Å². The summed E-state index contributed by atoms with van der Waals surface area (Å²) in [5, 5.41) is 12.0. The highest BCUT2D eigenvalue weighted by molar-refractivity contribution is 6.13. The quantitative estimate of drug-likeness (QED) is 0.842. The van der Waals surface area contributed by atoms with Crippen molar-refractivity contribution in [3.63, 3.8) is 0 Å². The van der Waals surface area contributed by atoms with E-state index in [1.165, 1.54) is 5.56 Å². The van der Waals surface area contributed by atoms with Crippen molar-refractivity contribution < 1.29 is 14.7 Å². The Morgan fingerprint density at radius 3 is 2.72 bits per heavy atom. The van der Waals surface area contributed by atoms with E-state index >= 15 is 0 Å². The van der Waals surface area contributed by atoms with Crippen molar-refractivity contribution in [2.45, 2.75) is 26.9 Å². The minimum atomic E-state index is -0.681. The van der Waals surface area contributed by atoms with Gasteiger partial charge in [-0.1, -0.05) is 18.2 Å². The molecule has 0 bridgehead atoms. The first-order chi connectivity index (χ1) is 12.0. The molecule has 5 heteroatoms. The number of carbonyl (C=O) groups excluding carboxylic acids is 2. The van der Waals surface area contributed by atoms with Gasteiger partial charge in [-0.3, -0.25) is 9.59 Å². The van der Waals surface area contributed by atoms with Gasteiger partial charge >= 0.3 is 0 Å². The van der Waals surface area contributed by atoms with Gasteiger partial charge in [0.2, 0.25) is 11.8 Å². The summed E-state index contributed by atoms with van der Waals surface area (Å²) in [5.74, 6) is -1.15. The maximum atomic E-state index is 12.7. The van der Waals surface area contributed by atoms with Crippen molar-refractivity contribution >= 4 is 23.2 Å². The number of amides is 2. The molecule has 3 rings (SSSR count). The number of aliphatic hydroxyl groups is 1. The Balaban J connectivity index is 1.72. The van der Waals surface area contributed by atoms with Crippen LogP contribution in [0.4, 0.5) is 11.4 Å². The van der Waals surface area contributed by atoms with E-state index in [0.29, 0.717) is 24.2 Å². The maximum absolute atomic E-state index is 12.7. The van der Waals surface area contributed by atoms with Crippen molar-refractivity contribution in [2.24, 2.45) is 5.92 Å². The van der Waals surface area contributed by atoms with Crippen LogP contribution in [-0.2, 0) is 16.2 Å². The molecule has 2 N–H and O–H groups in total. The van der Waals surface area contributed by atoms with E-state index in [1.54, 1.807) is 29.2 Å². The highest BCUT2D eigenvalue weighted by atomic mass is 16.3. The largest absolute Gasteiger partial charge is 0.392 e. The lowest BCUT2D eigenvalue weighted by Crippen LogP contribution is -2.33. The van der Waals surface area contributed by atoms with Crippen LogP contribution in [0.3, 0.4) is 0 Å². The molecular formula is C20H22N2O3. The first kappa shape index (κ1) is 17.2. The Hall–Kier alpha value is -2.66. The molecule has 2 aromatic carbocycles. The third kappa shape index (κ3) is 3.56. The zero-order chi connectivity index (χ0) is 18.0. The summed E-state index contributed by atoms with van der Waals surface area (Å²) < 4.78 is 0. The highest BCUT2D eigenvalue weighted by Gasteiger charge is 2.37. The molecule has 2 amide bonds. The minimum absolute atomic E-state index is 0.0907. The summed E-state index contributed by atoms with van der Waals surface area (Å²) in [6, 6.07) is 12.9. The van der Waals surface area contributed by atoms with E-state index < -0.39 is 5.92 Å². The molecule has 1 aliphatic heterocycles. The number of aryl methyl sites for hydroxylation is 2. The molecule has 1 fully saturated rings. The van der Waals surface area contributed by atoms with Crippen molar-refractivity contribution in [2.75, 3.05) is 16.8 Å². The summed E-state index contributed by atoms with van der Waals surface area (Å²) in [6.45, 7) is 4.49. The Morgan fingerprint density at radius 1 is 1.20 bits per heavy atom. The SMILES string of the molecule is Cc1ccc(N2CCC(C(=O)Nc3cccc(CO)c3)C2=O)cc1C. The zero-order valence-corrected chi connectivity index (χ0v) is 14.5. The third-order valence-corrected chi connectivity index (χ3v) is 4.70. The lowest BCUT2D eigenvalue weighted by atomic mass is 10.1. The van der Waals surface area contributed by atoms with Gasteiger partial charge in [-0.2, -0.15) is 0 Å². The lowest BCUT2D eigenvalue weighted by Gasteiger charge is -2.18. The van der Waals surface area contributed by atoms with Gasteiger partial charge < -0.3 is 15.3 Å². The number of hydrogen-bond donors (Lipinski definition) is 2. The molecule has 0 aliphatic carbocycles. The summed E-state index contributed by atoms with van der Waals surface area (Å²) in [4.78, 5) is 26.9. The van der Waals surface area contributed by atoms with Crippen LogP contribution in [0.25, 0.3) is 0 Å². The number of aliphatic hydroxyl groups excluding tert-OH is 1. The Morgan fingerprint density at radius 2 is 2.00 bits per heavy atom. The predicted octanol–water partition coefficient (Wildman–Crippen LogP) is 2.79. The molecule has 1 atom stereocenters. The molecule has 5 nitrogen and oxygen atoms in total. The Bertz CT molecular complexity index is 816. The Kier molecular flexibility index (Phi) is 4.86. The molecule has 1 unspecified atom stereocenters. The van der Waals surface area contributed by atoms with E-state index in [0.717, 1.165) is 11.3 Å². The number of nitrogens with zero attached hydrogens (tertiary/aromatic N) is 1. The van der Waals surface area contributed by atoms with Crippen LogP contribution < -0.4 is 10.2 Å². The van der Waals surface area contributed by atoms with Crippen molar-refractivity contribution in [3.05, 3.63) is 59.2 Å². The second kappa shape index (κ2) is 7.07. The number of nitrogens with one attached hydrogen (secondary N) is 1. The Labute approximate surface area is 147 Å². The number of anilines is 2. The van der Waals surface area contributed by atoms with Crippen LogP contribution in [0.5, 0.6) is 0 Å². The first-order valence-electron chi connectivity index (χ1n) is 8.39. The number of hydrogen-bond acceptors (Lipinski definition) is 3. The van der Waals surface area contributed by atoms with Crippen molar-refractivity contribution in [1.29, 1.82) is 0 Å². The van der Waals surface area contributed by atoms with Gasteiger partial charge in [0.15, 0.2) is 0 Å². The second-order valence-corrected chi connectivity index (χ2v) is 6.45. The molecule has 130 valence electrons. The molecule has 0 spiro atoms. The number of carbonyl (C=O) groups is 2. The molecule has 1 heterocycles. The molecule has 0 radical (unpaired) electrons. The molecule has 2 aromatic rings. The predicted molar refractivity (Wildman–Crippen MR) is 97.4 cm³/mol. The topological polar surface area (TPSA) is 69.6 Å². The van der Waals surface area contributed by atoms with Crippen molar-refractivity contribution in [1.82, 2.24) is 0 Å². The normalized spacial score (nSPS) is 17.0. The summed E-state index contributed by atoms with van der Waals surface area (Å²) in [6.07, 6.45) is 0.497. The maximum Gasteiger partial charge on any atom is 0.239 e. The van der Waals surface area contributed by atoms with Gasteiger partial charge in [-0.05, 0) is 61.2 Å². The fraction of sp³-hybridized carbons (Fsp3) is 0.300. The van der Waals surface area contributed by atoms with Crippen LogP contribution >= 0.6 is 0 Å². The standard InChI is InChI=1S/C20H22N2O3/c1-13-6-7-17(10-14(13)2)22-9-8-18(20(22)25)19(24)21-16-5-3-4-15(11-16)12-23/h3-7,10-11,18,23H,8-9,12H2,1-2H3,(H,21,24). The van der Waals surface area contributed by atoms with Crippen LogP contribution in [0.1, 0.15) is 23.1 Å². The second-order valence-electron chi connectivity index (χ2n) is 6.45. The van der Waals surface area contributed by atoms with Gasteiger partial charge in [0, 0.05) is 17.9 Å². The van der Waals surface area contributed by atoms with Crippen molar-refractivity contribution in [3.8, 4) is 0 Å². The average molecular weight is 338 g/mol. The van der Waals surface area contributed by atoms with E-state index in [4.69, 9.17) is 0 Å². The van der Waals surface area contributed by atoms with Gasteiger partial charge in [0.25, 0.3) is 0 Å². The summed E-state index contributed by atoms with van der Waals surface area (Å²) >= 11 is 0. The monoisotopic (exact) mass is 338 g/mol. The summed E-state index contributed by atoms with van der Waals surface area (Å²) in [5.41, 5.74) is 4.44. The molecule has 25 heavy (non-hydrogen) atoms. The van der Waals surface area contributed by atoms with Gasteiger partial charge in [0.1, 0.15) is 5.92 Å². The smallest absolute Gasteiger partial charge is 0.239 e. The molecular weight excluding hydrogens is 316 g/mol. The van der Waals surface area contributed by atoms with Crippen LogP contribution in [-0.4, -0.2) is 23.5 Å². The third-order valence-electron chi connectivity index (χ3n) is 4.70. The van der Waals surface area contributed by atoms with Gasteiger partial charge in [0.05, 0.1) is 6.61 Å². The van der Waals surface area contributed by atoms with E-state index in [1.807, 2.05) is 32.0 Å². The first-order valence-corrected chi connectivity index (χ1v) is 8.39. The average Bonchev–Trinajstić information content (AvgIpc) is 2.99. The molecule has 1 aliphatic rings. The fourth-order valence-electron chi connectivity index (χ4n) is 3.05. The van der Waals surface area contributed by atoms with E-state index in [-0.39, 0.29) is 18.4 Å². The van der Waals surface area contributed by atoms with E-state index in [2.05, 4.69) is 5.32 Å². The minimum Gasteiger partial charge on any atom is -0.392 e. The van der Waals surface area contributed by atoms with E-state index in [9.17, 15) is 14.7 Å². The van der Waals surface area contributed by atoms with Crippen LogP contribution in [0.2, 0.25) is 0 Å². The van der Waals surface area contributed by atoms with Gasteiger partial charge in [-0.15, -0.1) is 0 Å². The lowest BCUT2D eigenvalue weighted by molar-refractivity contribution is -0.129. The number of benzene rings is 2. The zero-order valence-electron chi connectivity index (χ0n) is 14.5. The molecule has 0 aromatic heterocycles. The fourth-order valence-corrected chi connectivity index (χ4v) is 3.05. The highest BCUT2D eigenvalue weighted by Crippen LogP contribution is 2.27.